The van der Waals surface area contributed by atoms with E-state index in [2.05, 4.69) is 36.4 Å². The Morgan fingerprint density at radius 2 is 1.20 bits per heavy atom. The second kappa shape index (κ2) is 15.4. The molecule has 0 unspecified atom stereocenters. The van der Waals surface area contributed by atoms with Gasteiger partial charge in [0.1, 0.15) is 9.49 Å². The summed E-state index contributed by atoms with van der Waals surface area (Å²) in [7, 11) is -7.00. The van der Waals surface area contributed by atoms with Crippen molar-refractivity contribution in [2.24, 2.45) is 0 Å². The number of anilines is 2. The van der Waals surface area contributed by atoms with Gasteiger partial charge in [-0.25, -0.2) is 21.8 Å². The van der Waals surface area contributed by atoms with E-state index in [-0.39, 0.29) is 16.9 Å². The van der Waals surface area contributed by atoms with Crippen molar-refractivity contribution in [3.8, 4) is 11.3 Å². The van der Waals surface area contributed by atoms with Crippen LogP contribution in [0.15, 0.2) is 53.9 Å². The quantitative estimate of drug-likeness (QED) is 0.210. The minimum absolute atomic E-state index is 0.0103. The molecule has 0 bridgehead atoms. The lowest BCUT2D eigenvalue weighted by Crippen LogP contribution is -2.45. The lowest BCUT2D eigenvalue weighted by Gasteiger charge is -2.24. The van der Waals surface area contributed by atoms with Crippen molar-refractivity contribution in [2.45, 2.75) is 90.1 Å². The highest BCUT2D eigenvalue weighted by molar-refractivity contribution is 7.93. The van der Waals surface area contributed by atoms with Crippen molar-refractivity contribution in [1.29, 1.82) is 0 Å². The van der Waals surface area contributed by atoms with Crippen molar-refractivity contribution < 1.29 is 26.4 Å². The number of thiazole rings is 1. The molecule has 0 aliphatic carbocycles. The van der Waals surface area contributed by atoms with E-state index in [0.717, 1.165) is 11.1 Å². The number of hydrogen-bond donors (Lipinski definition) is 2. The van der Waals surface area contributed by atoms with E-state index in [1.54, 1.807) is 43.5 Å². The highest BCUT2D eigenvalue weighted by atomic mass is 35.5. The van der Waals surface area contributed by atoms with Crippen LogP contribution in [0, 0.1) is 0 Å². The van der Waals surface area contributed by atoms with Crippen LogP contribution in [0.5, 0.6) is 0 Å². The fourth-order valence-electron chi connectivity index (χ4n) is 4.00. The van der Waals surface area contributed by atoms with E-state index in [0.29, 0.717) is 34.4 Å². The van der Waals surface area contributed by atoms with Crippen molar-refractivity contribution in [1.82, 2.24) is 4.98 Å². The number of sulfone groups is 2. The molecule has 0 aliphatic rings. The van der Waals surface area contributed by atoms with Gasteiger partial charge in [-0.2, -0.15) is 0 Å². The average Bonchev–Trinajstić information content (AvgIpc) is 3.41. The molecule has 0 saturated heterocycles. The van der Waals surface area contributed by atoms with E-state index in [9.17, 15) is 26.4 Å². The lowest BCUT2D eigenvalue weighted by atomic mass is 9.87. The Bertz CT molecular complexity index is 1710. The summed E-state index contributed by atoms with van der Waals surface area (Å²) < 4.78 is 46.0. The van der Waals surface area contributed by atoms with Crippen LogP contribution >= 0.6 is 22.9 Å². The van der Waals surface area contributed by atoms with E-state index >= 15 is 0 Å². The van der Waals surface area contributed by atoms with Gasteiger partial charge in [0, 0.05) is 21.7 Å². The maximum atomic E-state index is 12.4. The molecular formula is C33H46ClN3O6S3. The van der Waals surface area contributed by atoms with Crippen LogP contribution in [0.25, 0.3) is 11.3 Å². The fraction of sp³-hybridized carbons (Fsp3) is 0.485. The predicted molar refractivity (Wildman–Crippen MR) is 191 cm³/mol. The van der Waals surface area contributed by atoms with Gasteiger partial charge in [-0.15, -0.1) is 11.3 Å². The third-order valence-corrected chi connectivity index (χ3v) is 13.8. The smallest absolute Gasteiger partial charge is 0.247 e. The Kier molecular flexibility index (Phi) is 13.2. The molecule has 0 aliphatic heterocycles. The Balaban J connectivity index is 0.000000322. The zero-order valence-corrected chi connectivity index (χ0v) is 31.2. The summed E-state index contributed by atoms with van der Waals surface area (Å²) in [4.78, 5) is 29.1. The monoisotopic (exact) mass is 711 g/mol. The minimum Gasteiger partial charge on any atom is -0.325 e. The maximum absolute atomic E-state index is 12.4. The molecule has 0 atom stereocenters. The van der Waals surface area contributed by atoms with Gasteiger partial charge in [-0.05, 0) is 75.8 Å². The second-order valence-electron chi connectivity index (χ2n) is 12.9. The van der Waals surface area contributed by atoms with Crippen LogP contribution < -0.4 is 10.6 Å². The molecule has 0 radical (unpaired) electrons. The number of halogens is 1. The third kappa shape index (κ3) is 9.85. The van der Waals surface area contributed by atoms with E-state index < -0.39 is 41.0 Å². The molecular weight excluding hydrogens is 666 g/mol. The maximum Gasteiger partial charge on any atom is 0.247 e. The van der Waals surface area contributed by atoms with E-state index in [4.69, 9.17) is 11.6 Å². The number of benzene rings is 2. The van der Waals surface area contributed by atoms with Gasteiger partial charge >= 0.3 is 0 Å². The van der Waals surface area contributed by atoms with Gasteiger partial charge in [-0.3, -0.25) is 9.59 Å². The molecule has 3 rings (SSSR count). The molecule has 254 valence electrons. The number of nitrogens with zero attached hydrogens (tertiary/aromatic N) is 1. The van der Waals surface area contributed by atoms with Crippen molar-refractivity contribution in [3.63, 3.8) is 0 Å². The van der Waals surface area contributed by atoms with Gasteiger partial charge < -0.3 is 10.6 Å². The summed E-state index contributed by atoms with van der Waals surface area (Å²) in [5, 5.41) is 8.11. The molecule has 3 aromatic rings. The summed E-state index contributed by atoms with van der Waals surface area (Å²) in [6.45, 7) is 15.6. The minimum atomic E-state index is -3.53. The molecule has 0 saturated carbocycles. The number of carbonyl (C=O) groups is 2. The fourth-order valence-corrected chi connectivity index (χ4v) is 7.60. The lowest BCUT2D eigenvalue weighted by molar-refractivity contribution is -0.118. The van der Waals surface area contributed by atoms with E-state index in [1.165, 1.54) is 39.0 Å². The molecule has 2 amide bonds. The molecule has 9 nitrogen and oxygen atoms in total. The largest absolute Gasteiger partial charge is 0.325 e. The van der Waals surface area contributed by atoms with E-state index in [1.807, 2.05) is 24.3 Å². The molecule has 1 aromatic heterocycles. The normalized spacial score (nSPS) is 12.6. The first-order chi connectivity index (χ1) is 21.1. The standard InChI is InChI=1S/C17H27NO3S.C16H19ClN2O3S2/c1-7-12-22(20,21)17(5,6)15(19)18-14-10-8-13(9-11-14)16(2,3)4;1-4-9-24(21,22)16(2,3)14(20)19-15-18-13(10-23-15)11-5-7-12(17)8-6-11/h8-11H,7,12H2,1-6H3,(H,18,19);5-8,10H,4,9H2,1-3H3,(H,18,19,20). The van der Waals surface area contributed by atoms with Crippen molar-refractivity contribution >= 4 is 65.2 Å². The summed E-state index contributed by atoms with van der Waals surface area (Å²) in [6.07, 6.45) is 0.969. The molecule has 0 fully saturated rings. The number of hydrogen-bond acceptors (Lipinski definition) is 8. The summed E-state index contributed by atoms with van der Waals surface area (Å²) >= 11 is 7.11. The molecule has 0 spiro atoms. The number of aromatic nitrogens is 1. The first kappa shape index (κ1) is 39.4. The van der Waals surface area contributed by atoms with Crippen molar-refractivity contribution in [2.75, 3.05) is 22.1 Å². The van der Waals surface area contributed by atoms with Crippen LogP contribution in [0.4, 0.5) is 10.8 Å². The highest BCUT2D eigenvalue weighted by Crippen LogP contribution is 2.28. The van der Waals surface area contributed by atoms with Crippen LogP contribution in [-0.4, -0.2) is 54.6 Å². The molecule has 13 heteroatoms. The van der Waals surface area contributed by atoms with Crippen LogP contribution in [0.1, 0.15) is 80.7 Å². The molecule has 1 heterocycles. The summed E-state index contributed by atoms with van der Waals surface area (Å²) in [5.41, 5.74) is 3.36. The third-order valence-electron chi connectivity index (χ3n) is 7.47. The van der Waals surface area contributed by atoms with Crippen LogP contribution in [0.2, 0.25) is 5.02 Å². The molecule has 2 N–H and O–H groups in total. The first-order valence-electron chi connectivity index (χ1n) is 15.0. The molecule has 46 heavy (non-hydrogen) atoms. The molecule has 2 aromatic carbocycles. The van der Waals surface area contributed by atoms with Crippen LogP contribution in [0.3, 0.4) is 0 Å². The highest BCUT2D eigenvalue weighted by Gasteiger charge is 2.42. The van der Waals surface area contributed by atoms with Gasteiger partial charge in [0.25, 0.3) is 0 Å². The Labute approximate surface area is 283 Å². The van der Waals surface area contributed by atoms with Gasteiger partial charge in [0.05, 0.1) is 17.2 Å². The number of amides is 2. The van der Waals surface area contributed by atoms with Crippen LogP contribution in [-0.2, 0) is 34.7 Å². The number of carbonyl (C=O) groups excluding carboxylic acids is 2. The van der Waals surface area contributed by atoms with Crippen molar-refractivity contribution in [3.05, 3.63) is 64.5 Å². The van der Waals surface area contributed by atoms with Gasteiger partial charge in [-0.1, -0.05) is 70.5 Å². The zero-order chi connectivity index (χ0) is 35.1. The first-order valence-corrected chi connectivity index (χ1v) is 19.5. The Hall–Kier alpha value is -2.80. The SMILES string of the molecule is CCCS(=O)(=O)C(C)(C)C(=O)Nc1ccc(C(C)(C)C)cc1.CCCS(=O)(=O)C(C)(C)C(=O)Nc1nc(-c2ccc(Cl)cc2)cs1. The Morgan fingerprint density at radius 1 is 0.739 bits per heavy atom. The zero-order valence-electron chi connectivity index (χ0n) is 28.0. The van der Waals surface area contributed by atoms with Gasteiger partial charge in [0.2, 0.25) is 11.8 Å². The second-order valence-corrected chi connectivity index (χ2v) is 19.6. The van der Waals surface area contributed by atoms with Gasteiger partial charge in [0.15, 0.2) is 24.8 Å². The number of rotatable bonds is 11. The summed E-state index contributed by atoms with van der Waals surface area (Å²) in [6, 6.07) is 14.7. The summed E-state index contributed by atoms with van der Waals surface area (Å²) in [5.74, 6) is -1.09. The topological polar surface area (TPSA) is 139 Å². The average molecular weight is 712 g/mol. The number of nitrogens with one attached hydrogen (secondary N) is 2. The Morgan fingerprint density at radius 3 is 1.63 bits per heavy atom. The predicted octanol–water partition coefficient (Wildman–Crippen LogP) is 7.53.